The number of rotatable bonds is 3. The third-order valence-electron chi connectivity index (χ3n) is 3.24. The Balaban J connectivity index is 2.14. The van der Waals surface area contributed by atoms with Crippen LogP contribution in [0.4, 0.5) is 0 Å². The normalized spacial score (nSPS) is 10.6. The Morgan fingerprint density at radius 2 is 1.71 bits per heavy atom. The van der Waals surface area contributed by atoms with Crippen LogP contribution in [0.1, 0.15) is 21.7 Å². The van der Waals surface area contributed by atoms with Gasteiger partial charge in [0.25, 0.3) is 0 Å². The molecule has 0 spiro atoms. The number of aryl methyl sites for hydroxylation is 1. The molecular weight excluding hydrogens is 286 g/mol. The first-order valence-corrected chi connectivity index (χ1v) is 6.81. The number of halogens is 1. The molecule has 0 amide bonds. The fourth-order valence-electron chi connectivity index (χ4n) is 2.20. The van der Waals surface area contributed by atoms with Gasteiger partial charge in [-0.2, -0.15) is 0 Å². The smallest absolute Gasteiger partial charge is 0.196 e. The average Bonchev–Trinajstić information content (AvgIpc) is 2.93. The van der Waals surface area contributed by atoms with Crippen molar-refractivity contribution in [3.63, 3.8) is 0 Å². The molecule has 3 aromatic rings. The Morgan fingerprint density at radius 3 is 2.38 bits per heavy atom. The van der Waals surface area contributed by atoms with Gasteiger partial charge in [0.1, 0.15) is 12.2 Å². The molecule has 0 saturated heterocycles. The lowest BCUT2D eigenvalue weighted by Crippen LogP contribution is -2.08. The number of hydrogen-bond donors (Lipinski definition) is 0. The number of carbonyl (C=O) groups excluding carboxylic acids is 1. The van der Waals surface area contributed by atoms with Crippen molar-refractivity contribution in [2.24, 2.45) is 0 Å². The Labute approximate surface area is 127 Å². The van der Waals surface area contributed by atoms with Gasteiger partial charge in [-0.25, -0.2) is 0 Å². The lowest BCUT2D eigenvalue weighted by molar-refractivity contribution is 0.103. The molecule has 5 heteroatoms. The second-order valence-corrected chi connectivity index (χ2v) is 4.98. The summed E-state index contributed by atoms with van der Waals surface area (Å²) >= 11 is 6.13. The fraction of sp³-hybridized carbons (Fsp3) is 0.0625. The van der Waals surface area contributed by atoms with Gasteiger partial charge in [0.05, 0.1) is 10.7 Å². The molecule has 0 unspecified atom stereocenters. The molecule has 0 saturated carbocycles. The predicted octanol–water partition coefficient (Wildman–Crippen LogP) is 3.46. The van der Waals surface area contributed by atoms with Gasteiger partial charge >= 0.3 is 0 Å². The average molecular weight is 298 g/mol. The maximum absolute atomic E-state index is 12.8. The minimum atomic E-state index is -0.121. The van der Waals surface area contributed by atoms with E-state index in [4.69, 9.17) is 11.6 Å². The zero-order chi connectivity index (χ0) is 14.8. The van der Waals surface area contributed by atoms with E-state index in [-0.39, 0.29) is 5.78 Å². The number of para-hydroxylation sites is 1. The highest BCUT2D eigenvalue weighted by molar-refractivity contribution is 6.35. The molecule has 0 radical (unpaired) electrons. The van der Waals surface area contributed by atoms with Crippen molar-refractivity contribution in [2.45, 2.75) is 6.92 Å². The molecule has 0 aliphatic rings. The molecular formula is C16H12ClN3O. The van der Waals surface area contributed by atoms with Crippen LogP contribution in [0.25, 0.3) is 5.69 Å². The molecule has 0 bridgehead atoms. The summed E-state index contributed by atoms with van der Waals surface area (Å²) in [5, 5.41) is 8.27. The van der Waals surface area contributed by atoms with Crippen molar-refractivity contribution in [1.29, 1.82) is 0 Å². The number of aromatic nitrogens is 3. The highest BCUT2D eigenvalue weighted by Gasteiger charge is 2.17. The SMILES string of the molecule is Cc1nncn1-c1ccccc1C(=O)c1ccccc1Cl. The monoisotopic (exact) mass is 297 g/mol. The summed E-state index contributed by atoms with van der Waals surface area (Å²) in [5.74, 6) is 0.596. The molecule has 104 valence electrons. The quantitative estimate of drug-likeness (QED) is 0.696. The molecule has 0 N–H and O–H groups in total. The van der Waals surface area contributed by atoms with Gasteiger partial charge in [0.15, 0.2) is 5.78 Å². The zero-order valence-corrected chi connectivity index (χ0v) is 12.1. The van der Waals surface area contributed by atoms with E-state index in [1.54, 1.807) is 41.2 Å². The van der Waals surface area contributed by atoms with Crippen LogP contribution in [-0.2, 0) is 0 Å². The Morgan fingerprint density at radius 1 is 1.05 bits per heavy atom. The van der Waals surface area contributed by atoms with Crippen molar-refractivity contribution in [3.8, 4) is 5.69 Å². The predicted molar refractivity (Wildman–Crippen MR) is 81.0 cm³/mol. The van der Waals surface area contributed by atoms with E-state index in [0.717, 1.165) is 11.5 Å². The standard InChI is InChI=1S/C16H12ClN3O/c1-11-19-18-10-20(11)15-9-5-3-7-13(15)16(21)12-6-2-4-8-14(12)17/h2-10H,1H3. The van der Waals surface area contributed by atoms with E-state index in [1.807, 2.05) is 25.1 Å². The van der Waals surface area contributed by atoms with Crippen molar-refractivity contribution in [1.82, 2.24) is 14.8 Å². The Kier molecular flexibility index (Phi) is 3.54. The minimum absolute atomic E-state index is 0.121. The molecule has 4 nitrogen and oxygen atoms in total. The molecule has 3 rings (SSSR count). The number of carbonyl (C=O) groups is 1. The lowest BCUT2D eigenvalue weighted by Gasteiger charge is -2.11. The Bertz CT molecular complexity index is 811. The summed E-state index contributed by atoms with van der Waals surface area (Å²) in [5.41, 5.74) is 1.79. The molecule has 1 heterocycles. The number of nitrogens with zero attached hydrogens (tertiary/aromatic N) is 3. The van der Waals surface area contributed by atoms with Crippen molar-refractivity contribution >= 4 is 17.4 Å². The summed E-state index contributed by atoms with van der Waals surface area (Å²) in [6, 6.07) is 14.4. The molecule has 21 heavy (non-hydrogen) atoms. The highest BCUT2D eigenvalue weighted by atomic mass is 35.5. The van der Waals surface area contributed by atoms with Gasteiger partial charge in [-0.05, 0) is 31.2 Å². The first-order valence-electron chi connectivity index (χ1n) is 6.44. The summed E-state index contributed by atoms with van der Waals surface area (Å²) in [6.07, 6.45) is 1.59. The maximum Gasteiger partial charge on any atom is 0.196 e. The van der Waals surface area contributed by atoms with Crippen molar-refractivity contribution in [3.05, 3.63) is 76.8 Å². The molecule has 0 fully saturated rings. The van der Waals surface area contributed by atoms with E-state index in [2.05, 4.69) is 10.2 Å². The summed E-state index contributed by atoms with van der Waals surface area (Å²) < 4.78 is 1.78. The van der Waals surface area contributed by atoms with Gasteiger partial charge in [-0.3, -0.25) is 9.36 Å². The summed E-state index contributed by atoms with van der Waals surface area (Å²) in [6.45, 7) is 1.84. The van der Waals surface area contributed by atoms with Crippen molar-refractivity contribution < 1.29 is 4.79 Å². The van der Waals surface area contributed by atoms with E-state index < -0.39 is 0 Å². The molecule has 2 aromatic carbocycles. The fourth-order valence-corrected chi connectivity index (χ4v) is 2.42. The van der Waals surface area contributed by atoms with Crippen LogP contribution in [0.5, 0.6) is 0 Å². The summed E-state index contributed by atoms with van der Waals surface area (Å²) in [7, 11) is 0. The molecule has 0 aliphatic carbocycles. The third kappa shape index (κ3) is 2.45. The summed E-state index contributed by atoms with van der Waals surface area (Å²) in [4.78, 5) is 12.8. The topological polar surface area (TPSA) is 47.8 Å². The largest absolute Gasteiger partial charge is 0.288 e. The van der Waals surface area contributed by atoms with E-state index in [9.17, 15) is 4.79 Å². The second-order valence-electron chi connectivity index (χ2n) is 4.57. The lowest BCUT2D eigenvalue weighted by atomic mass is 10.0. The van der Waals surface area contributed by atoms with E-state index >= 15 is 0 Å². The molecule has 1 aromatic heterocycles. The maximum atomic E-state index is 12.8. The zero-order valence-electron chi connectivity index (χ0n) is 11.3. The van der Waals surface area contributed by atoms with Gasteiger partial charge < -0.3 is 0 Å². The molecule has 0 aliphatic heterocycles. The van der Waals surface area contributed by atoms with Crippen molar-refractivity contribution in [2.75, 3.05) is 0 Å². The van der Waals surface area contributed by atoms with E-state index in [0.29, 0.717) is 16.1 Å². The van der Waals surface area contributed by atoms with E-state index in [1.165, 1.54) is 0 Å². The van der Waals surface area contributed by atoms with Crippen LogP contribution in [0.15, 0.2) is 54.9 Å². The first kappa shape index (κ1) is 13.5. The van der Waals surface area contributed by atoms with Gasteiger partial charge in [0.2, 0.25) is 0 Å². The highest BCUT2D eigenvalue weighted by Crippen LogP contribution is 2.23. The first-order chi connectivity index (χ1) is 10.2. The number of hydrogen-bond acceptors (Lipinski definition) is 3. The van der Waals surface area contributed by atoms with Crippen LogP contribution in [0, 0.1) is 6.92 Å². The Hall–Kier alpha value is -2.46. The number of ketones is 1. The van der Waals surface area contributed by atoms with Crippen LogP contribution in [-0.4, -0.2) is 20.5 Å². The second kappa shape index (κ2) is 5.50. The van der Waals surface area contributed by atoms with Gasteiger partial charge in [0, 0.05) is 11.1 Å². The van der Waals surface area contributed by atoms with Crippen LogP contribution >= 0.6 is 11.6 Å². The van der Waals surface area contributed by atoms with Crippen LogP contribution < -0.4 is 0 Å². The minimum Gasteiger partial charge on any atom is -0.288 e. The molecule has 0 atom stereocenters. The van der Waals surface area contributed by atoms with Crippen LogP contribution in [0.3, 0.4) is 0 Å². The van der Waals surface area contributed by atoms with Gasteiger partial charge in [-0.1, -0.05) is 35.9 Å². The van der Waals surface area contributed by atoms with Crippen LogP contribution in [0.2, 0.25) is 5.02 Å². The third-order valence-corrected chi connectivity index (χ3v) is 3.57. The van der Waals surface area contributed by atoms with Gasteiger partial charge in [-0.15, -0.1) is 10.2 Å². The number of benzene rings is 2.